The Labute approximate surface area is 170 Å². The van der Waals surface area contributed by atoms with E-state index in [9.17, 15) is 4.79 Å². The van der Waals surface area contributed by atoms with Crippen LogP contribution < -0.4 is 4.90 Å². The second kappa shape index (κ2) is 8.32. The maximum atomic E-state index is 13.2. The molecule has 0 aliphatic carbocycles. The highest BCUT2D eigenvalue weighted by molar-refractivity contribution is 8.05. The van der Waals surface area contributed by atoms with Gasteiger partial charge in [0.25, 0.3) is 5.91 Å². The predicted molar refractivity (Wildman–Crippen MR) is 119 cm³/mol. The van der Waals surface area contributed by atoms with Crippen molar-refractivity contribution in [2.75, 3.05) is 4.90 Å². The molecule has 1 aliphatic rings. The minimum atomic E-state index is -0.0622. The predicted octanol–water partition coefficient (Wildman–Crippen LogP) is 6.37. The summed E-state index contributed by atoms with van der Waals surface area (Å²) in [5, 5.41) is -0.0622. The number of carbonyl (C=O) groups is 1. The lowest BCUT2D eigenvalue weighted by Crippen LogP contribution is -2.27. The van der Waals surface area contributed by atoms with Gasteiger partial charge in [-0.1, -0.05) is 102 Å². The van der Waals surface area contributed by atoms with Crippen LogP contribution in [0.2, 0.25) is 0 Å². The number of hydrogen-bond acceptors (Lipinski definition) is 2. The van der Waals surface area contributed by atoms with E-state index >= 15 is 0 Å². The van der Waals surface area contributed by atoms with Gasteiger partial charge in [-0.15, -0.1) is 0 Å². The lowest BCUT2D eigenvalue weighted by atomic mass is 10.1. The number of nitrogens with zero attached hydrogens (tertiary/aromatic N) is 1. The van der Waals surface area contributed by atoms with E-state index in [0.717, 1.165) is 21.7 Å². The average molecular weight is 384 g/mol. The Morgan fingerprint density at radius 2 is 1.50 bits per heavy atom. The molecule has 0 saturated carbocycles. The van der Waals surface area contributed by atoms with Gasteiger partial charge in [0.1, 0.15) is 5.37 Å². The molecule has 1 saturated heterocycles. The number of amides is 1. The van der Waals surface area contributed by atoms with E-state index in [1.165, 1.54) is 5.56 Å². The smallest absolute Gasteiger partial charge is 0.266 e. The van der Waals surface area contributed by atoms with Crippen molar-refractivity contribution >= 4 is 29.4 Å². The molecule has 3 aromatic rings. The summed E-state index contributed by atoms with van der Waals surface area (Å²) in [6, 6.07) is 28.4. The highest BCUT2D eigenvalue weighted by Gasteiger charge is 2.37. The van der Waals surface area contributed by atoms with Gasteiger partial charge >= 0.3 is 0 Å². The number of benzene rings is 3. The van der Waals surface area contributed by atoms with Gasteiger partial charge in [-0.05, 0) is 36.3 Å². The van der Waals surface area contributed by atoms with E-state index in [1.807, 2.05) is 95.9 Å². The van der Waals surface area contributed by atoms with Gasteiger partial charge in [-0.3, -0.25) is 9.69 Å². The molecule has 2 nitrogen and oxygen atoms in total. The number of carbonyl (C=O) groups excluding carboxylic acids is 1. The summed E-state index contributed by atoms with van der Waals surface area (Å²) in [6.45, 7) is 2.05. The summed E-state index contributed by atoms with van der Waals surface area (Å²) >= 11 is 1.60. The molecule has 4 rings (SSSR count). The van der Waals surface area contributed by atoms with Crippen LogP contribution in [0.4, 0.5) is 5.69 Å². The minimum absolute atomic E-state index is 0.0421. The molecule has 1 amide bonds. The molecule has 1 atom stereocenters. The van der Waals surface area contributed by atoms with Gasteiger partial charge < -0.3 is 0 Å². The fourth-order valence-corrected chi connectivity index (χ4v) is 4.38. The monoisotopic (exact) mass is 383 g/mol. The van der Waals surface area contributed by atoms with Crippen LogP contribution in [-0.4, -0.2) is 5.91 Å². The molecular weight excluding hydrogens is 362 g/mol. The Bertz CT molecular complexity index is 1010. The summed E-state index contributed by atoms with van der Waals surface area (Å²) < 4.78 is 0. The van der Waals surface area contributed by atoms with Crippen molar-refractivity contribution in [1.29, 1.82) is 0 Å². The number of thioether (sulfide) groups is 1. The molecule has 3 aromatic carbocycles. The number of aryl methyl sites for hydroxylation is 1. The van der Waals surface area contributed by atoms with Crippen molar-refractivity contribution in [3.63, 3.8) is 0 Å². The SMILES string of the molecule is Cc1ccc(N2C(=O)/C(=C/C=C/c3ccccc3)S[C@H]2c2ccccc2)cc1. The van der Waals surface area contributed by atoms with Crippen LogP contribution in [-0.2, 0) is 4.79 Å². The standard InChI is InChI=1S/C25H21NOS/c1-19-15-17-22(18-16-19)26-24(27)23(14-8-11-20-9-4-2-5-10-20)28-25(26)21-12-6-3-7-13-21/h2-18,25H,1H3/b11-8+,23-14-/t25-/m0/s1. The highest BCUT2D eigenvalue weighted by Crippen LogP contribution is 2.47. The summed E-state index contributed by atoms with van der Waals surface area (Å²) in [5.41, 5.74) is 4.34. The Hall–Kier alpha value is -3.04. The van der Waals surface area contributed by atoms with Gasteiger partial charge in [0.15, 0.2) is 0 Å². The van der Waals surface area contributed by atoms with E-state index in [1.54, 1.807) is 11.8 Å². The van der Waals surface area contributed by atoms with Crippen LogP contribution in [0, 0.1) is 6.92 Å². The van der Waals surface area contributed by atoms with Gasteiger partial charge in [0.2, 0.25) is 0 Å². The molecule has 138 valence electrons. The second-order valence-corrected chi connectivity index (χ2v) is 7.81. The molecule has 1 aliphatic heterocycles. The van der Waals surface area contributed by atoms with Gasteiger partial charge in [-0.25, -0.2) is 0 Å². The third-order valence-electron chi connectivity index (χ3n) is 4.64. The quantitative estimate of drug-likeness (QED) is 0.488. The normalized spacial score (nSPS) is 18.3. The zero-order valence-electron chi connectivity index (χ0n) is 15.7. The first-order chi connectivity index (χ1) is 13.7. The van der Waals surface area contributed by atoms with E-state index in [2.05, 4.69) is 19.1 Å². The molecule has 1 fully saturated rings. The van der Waals surface area contributed by atoms with Crippen LogP contribution >= 0.6 is 11.8 Å². The number of hydrogen-bond donors (Lipinski definition) is 0. The maximum Gasteiger partial charge on any atom is 0.266 e. The fourth-order valence-electron chi connectivity index (χ4n) is 3.16. The summed E-state index contributed by atoms with van der Waals surface area (Å²) in [4.78, 5) is 15.9. The molecular formula is C25H21NOS. The van der Waals surface area contributed by atoms with Gasteiger partial charge in [0, 0.05) is 5.69 Å². The second-order valence-electron chi connectivity index (χ2n) is 6.69. The maximum absolute atomic E-state index is 13.2. The first-order valence-corrected chi connectivity index (χ1v) is 10.2. The van der Waals surface area contributed by atoms with Crippen molar-refractivity contribution < 1.29 is 4.79 Å². The van der Waals surface area contributed by atoms with Crippen LogP contribution in [0.25, 0.3) is 6.08 Å². The molecule has 0 unspecified atom stereocenters. The molecule has 0 radical (unpaired) electrons. The zero-order valence-corrected chi connectivity index (χ0v) is 16.5. The van der Waals surface area contributed by atoms with Crippen molar-refractivity contribution in [1.82, 2.24) is 0 Å². The lowest BCUT2D eigenvalue weighted by Gasteiger charge is -2.23. The fraction of sp³-hybridized carbons (Fsp3) is 0.0800. The summed E-state index contributed by atoms with van der Waals surface area (Å²) in [5.74, 6) is 0.0421. The number of rotatable bonds is 4. The van der Waals surface area contributed by atoms with Gasteiger partial charge in [-0.2, -0.15) is 0 Å². The van der Waals surface area contributed by atoms with Crippen LogP contribution in [0.1, 0.15) is 22.1 Å². The summed E-state index contributed by atoms with van der Waals surface area (Å²) in [7, 11) is 0. The molecule has 3 heteroatoms. The largest absolute Gasteiger partial charge is 0.291 e. The van der Waals surface area contributed by atoms with Crippen molar-refractivity contribution in [2.24, 2.45) is 0 Å². The van der Waals surface area contributed by atoms with E-state index in [4.69, 9.17) is 0 Å². The third kappa shape index (κ3) is 3.95. The van der Waals surface area contributed by atoms with Crippen molar-refractivity contribution in [3.05, 3.63) is 119 Å². The minimum Gasteiger partial charge on any atom is -0.291 e. The third-order valence-corrected chi connectivity index (χ3v) is 5.91. The van der Waals surface area contributed by atoms with Crippen molar-refractivity contribution in [3.8, 4) is 0 Å². The van der Waals surface area contributed by atoms with E-state index < -0.39 is 0 Å². The Morgan fingerprint density at radius 1 is 0.857 bits per heavy atom. The highest BCUT2D eigenvalue weighted by atomic mass is 32.2. The lowest BCUT2D eigenvalue weighted by molar-refractivity contribution is -0.114. The first-order valence-electron chi connectivity index (χ1n) is 9.27. The first kappa shape index (κ1) is 18.3. The molecule has 0 N–H and O–H groups in total. The summed E-state index contributed by atoms with van der Waals surface area (Å²) in [6.07, 6.45) is 5.90. The number of anilines is 1. The topological polar surface area (TPSA) is 20.3 Å². The van der Waals surface area contributed by atoms with Crippen LogP contribution in [0.5, 0.6) is 0 Å². The Morgan fingerprint density at radius 3 is 2.18 bits per heavy atom. The van der Waals surface area contributed by atoms with Crippen molar-refractivity contribution in [2.45, 2.75) is 12.3 Å². The van der Waals surface area contributed by atoms with Gasteiger partial charge in [0.05, 0.1) is 4.91 Å². The molecule has 0 bridgehead atoms. The molecule has 1 heterocycles. The average Bonchev–Trinajstić information content (AvgIpc) is 3.06. The van der Waals surface area contributed by atoms with E-state index in [-0.39, 0.29) is 11.3 Å². The molecule has 28 heavy (non-hydrogen) atoms. The van der Waals surface area contributed by atoms with E-state index in [0.29, 0.717) is 0 Å². The zero-order chi connectivity index (χ0) is 19.3. The Balaban J connectivity index is 1.67. The number of allylic oxidation sites excluding steroid dienone is 2. The molecule has 0 aromatic heterocycles. The Kier molecular flexibility index (Phi) is 5.45. The van der Waals surface area contributed by atoms with Crippen LogP contribution in [0.15, 0.2) is 102 Å². The van der Waals surface area contributed by atoms with Crippen LogP contribution in [0.3, 0.4) is 0 Å². The molecule has 0 spiro atoms.